The third-order valence-electron chi connectivity index (χ3n) is 6.41. The van der Waals surface area contributed by atoms with Crippen molar-refractivity contribution in [1.29, 1.82) is 0 Å². The van der Waals surface area contributed by atoms with Gasteiger partial charge in [-0.3, -0.25) is 9.59 Å². The molecule has 2 fully saturated rings. The number of hydrogen-bond donors (Lipinski definition) is 1. The van der Waals surface area contributed by atoms with Crippen molar-refractivity contribution < 1.29 is 9.59 Å². The number of amides is 2. The average Bonchev–Trinajstić information content (AvgIpc) is 2.76. The summed E-state index contributed by atoms with van der Waals surface area (Å²) in [6.07, 6.45) is 4.22. The minimum atomic E-state index is -0.549. The number of carbonyl (C=O) groups excluding carboxylic acids is 2. The van der Waals surface area contributed by atoms with Crippen molar-refractivity contribution in [3.63, 3.8) is 0 Å². The number of nitrogens with one attached hydrogen (secondary N) is 1. The molecule has 4 nitrogen and oxygen atoms in total. The van der Waals surface area contributed by atoms with Gasteiger partial charge in [-0.2, -0.15) is 0 Å². The molecule has 1 saturated carbocycles. The highest BCUT2D eigenvalue weighted by molar-refractivity contribution is 5.93. The number of likely N-dealkylation sites (tertiary alicyclic amines) is 1. The molecule has 0 radical (unpaired) electrons. The average molecular weight is 391 g/mol. The lowest BCUT2D eigenvalue weighted by atomic mass is 9.74. The van der Waals surface area contributed by atoms with E-state index in [4.69, 9.17) is 0 Å². The monoisotopic (exact) mass is 390 g/mol. The lowest BCUT2D eigenvalue weighted by molar-refractivity contribution is -0.168. The standard InChI is InChI=1S/C25H30N2O2/c1-17(2)19-12-14-20(15-13-19)23(24(28)26-16-18-8-4-3-5-9-18)27-22-11-7-6-10-21(22)25(27)29/h3-5,8-9,12-15,17,21-23H,6-7,10-11,16H2,1-2H3,(H,26,28)/t21-,22+,23?/m1/s1. The second kappa shape index (κ2) is 8.40. The van der Waals surface area contributed by atoms with E-state index >= 15 is 0 Å². The fourth-order valence-corrected chi connectivity index (χ4v) is 4.71. The van der Waals surface area contributed by atoms with Gasteiger partial charge >= 0.3 is 0 Å². The number of β-lactam (4-membered cyclic amide) rings is 1. The highest BCUT2D eigenvalue weighted by Crippen LogP contribution is 2.43. The molecule has 1 aliphatic carbocycles. The Labute approximate surface area is 173 Å². The molecule has 2 aromatic rings. The van der Waals surface area contributed by atoms with Gasteiger partial charge < -0.3 is 10.2 Å². The molecule has 1 unspecified atom stereocenters. The van der Waals surface area contributed by atoms with E-state index in [9.17, 15) is 9.59 Å². The van der Waals surface area contributed by atoms with Crippen LogP contribution in [0.4, 0.5) is 0 Å². The molecule has 4 heteroatoms. The smallest absolute Gasteiger partial charge is 0.247 e. The molecule has 0 bridgehead atoms. The molecule has 3 atom stereocenters. The summed E-state index contributed by atoms with van der Waals surface area (Å²) in [7, 11) is 0. The summed E-state index contributed by atoms with van der Waals surface area (Å²) in [4.78, 5) is 28.1. The highest BCUT2D eigenvalue weighted by atomic mass is 16.2. The first-order chi connectivity index (χ1) is 14.1. The summed E-state index contributed by atoms with van der Waals surface area (Å²) < 4.78 is 0. The second-order valence-electron chi connectivity index (χ2n) is 8.63. The van der Waals surface area contributed by atoms with E-state index in [2.05, 4.69) is 31.3 Å². The molecular formula is C25H30N2O2. The van der Waals surface area contributed by atoms with E-state index in [-0.39, 0.29) is 23.8 Å². The van der Waals surface area contributed by atoms with Crippen molar-refractivity contribution >= 4 is 11.8 Å². The third-order valence-corrected chi connectivity index (χ3v) is 6.41. The van der Waals surface area contributed by atoms with E-state index in [1.807, 2.05) is 47.4 Å². The first-order valence-electron chi connectivity index (χ1n) is 10.8. The fourth-order valence-electron chi connectivity index (χ4n) is 4.71. The van der Waals surface area contributed by atoms with Crippen LogP contribution in [-0.4, -0.2) is 22.8 Å². The number of carbonyl (C=O) groups is 2. The molecule has 1 heterocycles. The number of fused-ring (bicyclic) bond motifs is 1. The SMILES string of the molecule is CC(C)c1ccc(C(C(=O)NCc2ccccc2)N2C(=O)[C@@H]3CCCC[C@@H]32)cc1. The van der Waals surface area contributed by atoms with Gasteiger partial charge in [0.15, 0.2) is 0 Å². The Bertz CT molecular complexity index is 860. The molecule has 1 saturated heterocycles. The quantitative estimate of drug-likeness (QED) is 0.735. The molecule has 29 heavy (non-hydrogen) atoms. The van der Waals surface area contributed by atoms with Gasteiger partial charge in [0.2, 0.25) is 11.8 Å². The van der Waals surface area contributed by atoms with Gasteiger partial charge in [0, 0.05) is 12.6 Å². The molecule has 152 valence electrons. The predicted molar refractivity (Wildman–Crippen MR) is 114 cm³/mol. The molecule has 2 aromatic carbocycles. The number of hydrogen-bond acceptors (Lipinski definition) is 2. The maximum absolute atomic E-state index is 13.3. The molecule has 0 spiro atoms. The molecule has 2 aliphatic rings. The van der Waals surface area contributed by atoms with Crippen LogP contribution in [0.2, 0.25) is 0 Å². The molecule has 1 aliphatic heterocycles. The minimum absolute atomic E-state index is 0.0940. The van der Waals surface area contributed by atoms with E-state index < -0.39 is 6.04 Å². The third kappa shape index (κ3) is 3.93. The van der Waals surface area contributed by atoms with Crippen molar-refractivity contribution in [2.75, 3.05) is 0 Å². The summed E-state index contributed by atoms with van der Waals surface area (Å²) in [5.41, 5.74) is 3.19. The number of benzene rings is 2. The lowest BCUT2D eigenvalue weighted by Crippen LogP contribution is -2.64. The van der Waals surface area contributed by atoms with Crippen LogP contribution in [0.5, 0.6) is 0 Å². The van der Waals surface area contributed by atoms with Crippen LogP contribution in [0.1, 0.15) is 68.2 Å². The van der Waals surface area contributed by atoms with Gasteiger partial charge in [0.1, 0.15) is 6.04 Å². The molecular weight excluding hydrogens is 360 g/mol. The van der Waals surface area contributed by atoms with Gasteiger partial charge in [0.25, 0.3) is 0 Å². The topological polar surface area (TPSA) is 49.4 Å². The number of rotatable bonds is 6. The summed E-state index contributed by atoms with van der Waals surface area (Å²) >= 11 is 0. The normalized spacial score (nSPS) is 22.0. The minimum Gasteiger partial charge on any atom is -0.350 e. The van der Waals surface area contributed by atoms with E-state index in [0.29, 0.717) is 12.5 Å². The highest BCUT2D eigenvalue weighted by Gasteiger charge is 2.52. The van der Waals surface area contributed by atoms with E-state index in [1.165, 1.54) is 5.56 Å². The van der Waals surface area contributed by atoms with Crippen molar-refractivity contribution in [2.45, 2.75) is 64.1 Å². The summed E-state index contributed by atoms with van der Waals surface area (Å²) in [5.74, 6) is 0.594. The van der Waals surface area contributed by atoms with Crippen molar-refractivity contribution in [3.05, 3.63) is 71.3 Å². The zero-order valence-corrected chi connectivity index (χ0v) is 17.3. The maximum Gasteiger partial charge on any atom is 0.247 e. The summed E-state index contributed by atoms with van der Waals surface area (Å²) in [6, 6.07) is 17.8. The molecule has 1 N–H and O–H groups in total. The van der Waals surface area contributed by atoms with Crippen molar-refractivity contribution in [3.8, 4) is 0 Å². The Balaban J connectivity index is 1.58. The Morgan fingerprint density at radius 2 is 1.66 bits per heavy atom. The Morgan fingerprint density at radius 1 is 1.00 bits per heavy atom. The van der Waals surface area contributed by atoms with Crippen LogP contribution >= 0.6 is 0 Å². The summed E-state index contributed by atoms with van der Waals surface area (Å²) in [5, 5.41) is 3.07. The first-order valence-corrected chi connectivity index (χ1v) is 10.8. The second-order valence-corrected chi connectivity index (χ2v) is 8.63. The van der Waals surface area contributed by atoms with Crippen molar-refractivity contribution in [2.24, 2.45) is 5.92 Å². The molecule has 0 aromatic heterocycles. The Morgan fingerprint density at radius 3 is 2.34 bits per heavy atom. The maximum atomic E-state index is 13.3. The van der Waals surface area contributed by atoms with Crippen LogP contribution in [-0.2, 0) is 16.1 Å². The molecule has 4 rings (SSSR count). The first kappa shape index (κ1) is 19.7. The van der Waals surface area contributed by atoms with E-state index in [1.54, 1.807) is 0 Å². The van der Waals surface area contributed by atoms with Crippen LogP contribution in [0.15, 0.2) is 54.6 Å². The molecule has 2 amide bonds. The van der Waals surface area contributed by atoms with Crippen LogP contribution in [0, 0.1) is 5.92 Å². The van der Waals surface area contributed by atoms with Gasteiger partial charge in [-0.1, -0.05) is 81.3 Å². The van der Waals surface area contributed by atoms with Crippen LogP contribution in [0.3, 0.4) is 0 Å². The van der Waals surface area contributed by atoms with Gasteiger partial charge in [0.05, 0.1) is 5.92 Å². The Hall–Kier alpha value is -2.62. The van der Waals surface area contributed by atoms with Crippen LogP contribution in [0.25, 0.3) is 0 Å². The predicted octanol–water partition coefficient (Wildman–Crippen LogP) is 4.57. The van der Waals surface area contributed by atoms with Gasteiger partial charge in [-0.05, 0) is 35.4 Å². The number of nitrogens with zero attached hydrogens (tertiary/aromatic N) is 1. The summed E-state index contributed by atoms with van der Waals surface area (Å²) in [6.45, 7) is 4.78. The van der Waals surface area contributed by atoms with Crippen molar-refractivity contribution in [1.82, 2.24) is 10.2 Å². The van der Waals surface area contributed by atoms with Gasteiger partial charge in [-0.25, -0.2) is 0 Å². The van der Waals surface area contributed by atoms with E-state index in [0.717, 1.165) is 36.8 Å². The lowest BCUT2D eigenvalue weighted by Gasteiger charge is -2.52. The Kier molecular flexibility index (Phi) is 5.70. The zero-order chi connectivity index (χ0) is 20.4. The largest absolute Gasteiger partial charge is 0.350 e. The van der Waals surface area contributed by atoms with Gasteiger partial charge in [-0.15, -0.1) is 0 Å². The zero-order valence-electron chi connectivity index (χ0n) is 17.3. The van der Waals surface area contributed by atoms with Crippen LogP contribution < -0.4 is 5.32 Å². The fraction of sp³-hybridized carbons (Fsp3) is 0.440.